The fraction of sp³-hybridized carbons (Fsp3) is 0.679. The Balaban J connectivity index is 1.22. The highest BCUT2D eigenvalue weighted by molar-refractivity contribution is 5.99. The van der Waals surface area contributed by atoms with Gasteiger partial charge in [-0.05, 0) is 56.5 Å². The highest BCUT2D eigenvalue weighted by atomic mass is 16.5. The fourth-order valence-corrected chi connectivity index (χ4v) is 6.19. The third kappa shape index (κ3) is 5.40. The topological polar surface area (TPSA) is 94.2 Å². The number of hydrogen-bond acceptors (Lipinski definition) is 7. The molecule has 0 spiro atoms. The molecule has 9 nitrogen and oxygen atoms in total. The van der Waals surface area contributed by atoms with Gasteiger partial charge in [0.25, 0.3) is 5.91 Å². The summed E-state index contributed by atoms with van der Waals surface area (Å²) in [7, 11) is 1.81. The number of likely N-dealkylation sites (tertiary alicyclic amines) is 1. The molecule has 3 saturated heterocycles. The summed E-state index contributed by atoms with van der Waals surface area (Å²) < 4.78 is 5.67. The van der Waals surface area contributed by atoms with E-state index in [1.807, 2.05) is 45.2 Å². The van der Waals surface area contributed by atoms with Gasteiger partial charge in [0.05, 0.1) is 6.04 Å². The average molecular weight is 512 g/mol. The number of anilines is 1. The lowest BCUT2D eigenvalue weighted by Gasteiger charge is -2.43. The summed E-state index contributed by atoms with van der Waals surface area (Å²) in [5.74, 6) is -0.357. The van der Waals surface area contributed by atoms with E-state index in [9.17, 15) is 14.4 Å². The van der Waals surface area contributed by atoms with Gasteiger partial charge >= 0.3 is 0 Å². The number of carbonyl (C=O) groups is 3. The van der Waals surface area contributed by atoms with E-state index >= 15 is 0 Å². The van der Waals surface area contributed by atoms with E-state index in [1.165, 1.54) is 19.3 Å². The van der Waals surface area contributed by atoms with Crippen LogP contribution in [0.5, 0.6) is 0 Å². The van der Waals surface area contributed by atoms with Crippen LogP contribution in [0.3, 0.4) is 0 Å². The minimum atomic E-state index is -0.698. The van der Waals surface area contributed by atoms with Crippen LogP contribution in [0.25, 0.3) is 0 Å². The molecule has 2 amide bonds. The van der Waals surface area contributed by atoms with Crippen molar-refractivity contribution >= 4 is 23.3 Å². The summed E-state index contributed by atoms with van der Waals surface area (Å²) in [5, 5.41) is 6.14. The number of nitrogens with zero attached hydrogens (tertiary/aromatic N) is 3. The van der Waals surface area contributed by atoms with Crippen molar-refractivity contribution in [3.63, 3.8) is 0 Å². The van der Waals surface area contributed by atoms with Gasteiger partial charge in [0, 0.05) is 50.0 Å². The van der Waals surface area contributed by atoms with Gasteiger partial charge in [0.2, 0.25) is 5.91 Å². The number of carbonyl (C=O) groups excluding carboxylic acids is 3. The maximum atomic E-state index is 13.6. The first kappa shape index (κ1) is 26.1. The normalized spacial score (nSPS) is 27.4. The Labute approximate surface area is 219 Å². The Hall–Kier alpha value is -2.49. The van der Waals surface area contributed by atoms with Crippen molar-refractivity contribution < 1.29 is 19.1 Å². The molecule has 3 heterocycles. The number of likely N-dealkylation sites (N-methyl/N-ethyl adjacent to an activating group) is 1. The number of ether oxygens (including phenoxy) is 1. The molecule has 9 heteroatoms. The van der Waals surface area contributed by atoms with Crippen molar-refractivity contribution in [3.8, 4) is 0 Å². The molecule has 2 N–H and O–H groups in total. The Morgan fingerprint density at radius 1 is 1.08 bits per heavy atom. The summed E-state index contributed by atoms with van der Waals surface area (Å²) in [6, 6.07) is 7.10. The van der Waals surface area contributed by atoms with Gasteiger partial charge < -0.3 is 25.2 Å². The molecule has 1 aromatic rings. The molecular formula is C28H41N5O4. The molecule has 0 unspecified atom stereocenters. The van der Waals surface area contributed by atoms with Crippen molar-refractivity contribution in [1.82, 2.24) is 20.4 Å². The summed E-state index contributed by atoms with van der Waals surface area (Å²) >= 11 is 0. The van der Waals surface area contributed by atoms with Gasteiger partial charge in [0.15, 0.2) is 5.78 Å². The maximum absolute atomic E-state index is 13.6. The van der Waals surface area contributed by atoms with Crippen LogP contribution < -0.4 is 15.5 Å². The van der Waals surface area contributed by atoms with Gasteiger partial charge in [-0.1, -0.05) is 20.3 Å². The van der Waals surface area contributed by atoms with Crippen molar-refractivity contribution in [2.75, 3.05) is 51.3 Å². The molecule has 0 radical (unpaired) electrons. The van der Waals surface area contributed by atoms with E-state index in [4.69, 9.17) is 4.74 Å². The molecule has 202 valence electrons. The zero-order chi connectivity index (χ0) is 26.1. The molecule has 37 heavy (non-hydrogen) atoms. The van der Waals surface area contributed by atoms with E-state index in [2.05, 4.69) is 20.4 Å². The van der Waals surface area contributed by atoms with Crippen LogP contribution in [-0.2, 0) is 14.3 Å². The first-order chi connectivity index (χ1) is 17.9. The van der Waals surface area contributed by atoms with E-state index in [0.29, 0.717) is 18.5 Å². The molecule has 5 rings (SSSR count). The second kappa shape index (κ2) is 11.1. The highest BCUT2D eigenvalue weighted by Gasteiger charge is 2.52. The molecule has 4 atom stereocenters. The number of fused-ring (bicyclic) bond motifs is 1. The molecule has 1 aliphatic carbocycles. The average Bonchev–Trinajstić information content (AvgIpc) is 3.43. The predicted molar refractivity (Wildman–Crippen MR) is 142 cm³/mol. The quantitative estimate of drug-likeness (QED) is 0.543. The van der Waals surface area contributed by atoms with Crippen molar-refractivity contribution in [2.45, 2.75) is 69.8 Å². The van der Waals surface area contributed by atoms with Gasteiger partial charge in [-0.25, -0.2) is 0 Å². The van der Waals surface area contributed by atoms with Crippen LogP contribution in [0.15, 0.2) is 24.3 Å². The lowest BCUT2D eigenvalue weighted by molar-refractivity contribution is -0.138. The monoisotopic (exact) mass is 511 g/mol. The van der Waals surface area contributed by atoms with Crippen molar-refractivity contribution in [1.29, 1.82) is 0 Å². The zero-order valence-corrected chi connectivity index (χ0v) is 22.3. The Kier molecular flexibility index (Phi) is 7.83. The third-order valence-electron chi connectivity index (χ3n) is 8.55. The summed E-state index contributed by atoms with van der Waals surface area (Å²) in [5.41, 5.74) is 1.66. The van der Waals surface area contributed by atoms with Crippen LogP contribution in [0.1, 0.15) is 49.9 Å². The van der Waals surface area contributed by atoms with E-state index < -0.39 is 12.1 Å². The number of nitrogens with one attached hydrogen (secondary N) is 2. The van der Waals surface area contributed by atoms with Crippen molar-refractivity contribution in [3.05, 3.63) is 29.8 Å². The van der Waals surface area contributed by atoms with Crippen LogP contribution in [0.4, 0.5) is 5.69 Å². The van der Waals surface area contributed by atoms with E-state index in [-0.39, 0.29) is 42.3 Å². The number of piperazine rings is 1. The van der Waals surface area contributed by atoms with Gasteiger partial charge in [-0.3, -0.25) is 19.3 Å². The van der Waals surface area contributed by atoms with Gasteiger partial charge in [0.1, 0.15) is 24.8 Å². The first-order valence-electron chi connectivity index (χ1n) is 13.9. The molecule has 3 aliphatic heterocycles. The molecule has 1 saturated carbocycles. The van der Waals surface area contributed by atoms with E-state index in [1.54, 1.807) is 4.90 Å². The number of hydrogen-bond donors (Lipinski definition) is 2. The number of amides is 2. The lowest BCUT2D eigenvalue weighted by atomic mass is 9.91. The number of ketones is 1. The number of Topliss-reactive ketones (excluding diaryl/α,β-unsaturated/α-hetero) is 1. The van der Waals surface area contributed by atoms with Crippen LogP contribution in [0, 0.1) is 5.92 Å². The molecule has 1 aromatic carbocycles. The Morgan fingerprint density at radius 3 is 2.38 bits per heavy atom. The van der Waals surface area contributed by atoms with Gasteiger partial charge in [-0.15, -0.1) is 0 Å². The SMILES string of the molecule is CN[C@H]1CN(C(=O)[C@H](CC(C)C)NC(=O)c2ccc(N3CCN(C4CCC4)CC3)cc2)[C@@H]2C(=O)CO[C@H]12. The fourth-order valence-electron chi connectivity index (χ4n) is 6.19. The first-order valence-corrected chi connectivity index (χ1v) is 13.9. The largest absolute Gasteiger partial charge is 0.369 e. The predicted octanol–water partition coefficient (Wildman–Crippen LogP) is 1.27. The third-order valence-corrected chi connectivity index (χ3v) is 8.55. The Bertz CT molecular complexity index is 987. The molecule has 0 bridgehead atoms. The Morgan fingerprint density at radius 2 is 1.78 bits per heavy atom. The molecule has 4 fully saturated rings. The highest BCUT2D eigenvalue weighted by Crippen LogP contribution is 2.29. The number of benzene rings is 1. The van der Waals surface area contributed by atoms with E-state index in [0.717, 1.165) is 37.9 Å². The van der Waals surface area contributed by atoms with Crippen molar-refractivity contribution in [2.24, 2.45) is 5.92 Å². The minimum absolute atomic E-state index is 0.0283. The summed E-state index contributed by atoms with van der Waals surface area (Å²) in [4.78, 5) is 45.9. The second-order valence-corrected chi connectivity index (χ2v) is 11.4. The molecular weight excluding hydrogens is 470 g/mol. The van der Waals surface area contributed by atoms with Crippen LogP contribution >= 0.6 is 0 Å². The standard InChI is InChI=1S/C28H41N5O4/c1-18(2)15-22(28(36)33-16-23(29-3)26-25(33)24(34)17-37-26)30-27(35)19-7-9-21(10-8-19)32-13-11-31(12-14-32)20-5-4-6-20/h7-10,18,20,22-23,25-26,29H,4-6,11-17H2,1-3H3,(H,30,35)/t22-,23-,25+,26+/m0/s1. The van der Waals surface area contributed by atoms with Gasteiger partial charge in [-0.2, -0.15) is 0 Å². The van der Waals surface area contributed by atoms with Crippen LogP contribution in [0.2, 0.25) is 0 Å². The summed E-state index contributed by atoms with van der Waals surface area (Å²) in [6.07, 6.45) is 4.20. The smallest absolute Gasteiger partial charge is 0.251 e. The molecule has 4 aliphatic rings. The zero-order valence-electron chi connectivity index (χ0n) is 22.3. The molecule has 0 aromatic heterocycles. The number of rotatable bonds is 8. The second-order valence-electron chi connectivity index (χ2n) is 11.4. The lowest BCUT2D eigenvalue weighted by Crippen LogP contribution is -2.52. The van der Waals surface area contributed by atoms with Crippen LogP contribution in [-0.4, -0.2) is 104 Å². The maximum Gasteiger partial charge on any atom is 0.251 e. The minimum Gasteiger partial charge on any atom is -0.369 e. The summed E-state index contributed by atoms with van der Waals surface area (Å²) in [6.45, 7) is 8.66.